The molecule has 0 spiro atoms. The number of halogens is 4. The van der Waals surface area contributed by atoms with Crippen molar-refractivity contribution in [1.29, 1.82) is 0 Å². The maximum absolute atomic E-state index is 15.8. The third kappa shape index (κ3) is 4.56. The zero-order valence-corrected chi connectivity index (χ0v) is 20.4. The van der Waals surface area contributed by atoms with Gasteiger partial charge in [0.05, 0.1) is 0 Å². The maximum atomic E-state index is 15.8. The van der Waals surface area contributed by atoms with Crippen LogP contribution in [0.5, 0.6) is 11.5 Å². The molecule has 0 aliphatic heterocycles. The summed E-state index contributed by atoms with van der Waals surface area (Å²) in [4.78, 5) is 22.7. The number of benzene rings is 2. The summed E-state index contributed by atoms with van der Waals surface area (Å²) < 4.78 is 73.0. The van der Waals surface area contributed by atoms with Crippen LogP contribution in [-0.2, 0) is 26.2 Å². The Morgan fingerprint density at radius 2 is 1.03 bits per heavy atom. The van der Waals surface area contributed by atoms with Gasteiger partial charge >= 0.3 is 203 Å². The van der Waals surface area contributed by atoms with Gasteiger partial charge in [0.1, 0.15) is 0 Å². The molecule has 4 rings (SSSR count). The topological polar surface area (TPSA) is 52.6 Å². The van der Waals surface area contributed by atoms with E-state index in [1.165, 1.54) is 0 Å². The molecule has 35 heavy (non-hydrogen) atoms. The third-order valence-corrected chi connectivity index (χ3v) is 13.8. The molecule has 0 saturated carbocycles. The van der Waals surface area contributed by atoms with Crippen LogP contribution >= 0.6 is 0 Å². The normalized spacial score (nSPS) is 14.7. The number of hydrogen-bond acceptors (Lipinski definition) is 4. The summed E-state index contributed by atoms with van der Waals surface area (Å²) in [5, 5.41) is 0. The molecule has 2 aromatic rings. The Balaban J connectivity index is 2.08. The Morgan fingerprint density at radius 1 is 0.686 bits per heavy atom. The number of carbonyl (C=O) groups is 2. The molecule has 2 aliphatic rings. The van der Waals surface area contributed by atoms with E-state index in [9.17, 15) is 9.59 Å². The van der Waals surface area contributed by atoms with Gasteiger partial charge in [-0.3, -0.25) is 0 Å². The van der Waals surface area contributed by atoms with Gasteiger partial charge in [0.25, 0.3) is 0 Å². The quantitative estimate of drug-likeness (QED) is 0.236. The van der Waals surface area contributed by atoms with Crippen molar-refractivity contribution in [3.05, 3.63) is 91.7 Å². The van der Waals surface area contributed by atoms with Crippen LogP contribution in [0, 0.1) is 23.3 Å². The molecule has 0 aromatic heterocycles. The SMILES string of the molecule is CC(=O)Oc1cc(F)[c]([Ti]([C]2=CC=CC2)([C]2=CC=CC2)[c]2c(F)cc(OC(C)=O)cc2F)c(F)c1. The number of ether oxygens (including phenoxy) is 2. The zero-order valence-electron chi connectivity index (χ0n) is 18.8. The molecule has 0 amide bonds. The Bertz CT molecular complexity index is 1210. The van der Waals surface area contributed by atoms with Crippen LogP contribution in [0.15, 0.2) is 68.5 Å². The summed E-state index contributed by atoms with van der Waals surface area (Å²) in [6.45, 7) is 2.18. The van der Waals surface area contributed by atoms with E-state index in [4.69, 9.17) is 9.47 Å². The van der Waals surface area contributed by atoms with Gasteiger partial charge in [-0.05, 0) is 0 Å². The summed E-state index contributed by atoms with van der Waals surface area (Å²) in [6.07, 6.45) is 10.7. The average molecular weight is 520 g/mol. The van der Waals surface area contributed by atoms with Crippen molar-refractivity contribution in [1.82, 2.24) is 0 Å². The van der Waals surface area contributed by atoms with Crippen molar-refractivity contribution < 1.29 is 53.2 Å². The van der Waals surface area contributed by atoms with Gasteiger partial charge in [0.2, 0.25) is 0 Å². The third-order valence-electron chi connectivity index (χ3n) is 5.81. The molecular weight excluding hydrogens is 500 g/mol. The molecule has 0 radical (unpaired) electrons. The first-order valence-corrected chi connectivity index (χ1v) is 13.8. The van der Waals surface area contributed by atoms with Gasteiger partial charge in [-0.2, -0.15) is 0 Å². The van der Waals surface area contributed by atoms with Crippen molar-refractivity contribution in [3.8, 4) is 11.5 Å². The second-order valence-corrected chi connectivity index (χ2v) is 14.0. The van der Waals surface area contributed by atoms with Crippen LogP contribution < -0.4 is 17.2 Å². The van der Waals surface area contributed by atoms with Gasteiger partial charge < -0.3 is 0 Å². The number of allylic oxidation sites excluding steroid dienone is 8. The van der Waals surface area contributed by atoms with Crippen molar-refractivity contribution in [2.45, 2.75) is 26.7 Å². The van der Waals surface area contributed by atoms with E-state index in [0.29, 0.717) is 7.76 Å². The molecule has 9 heteroatoms. The molecule has 180 valence electrons. The van der Waals surface area contributed by atoms with Crippen LogP contribution in [0.3, 0.4) is 0 Å². The number of hydrogen-bond donors (Lipinski definition) is 0. The predicted octanol–water partition coefficient (Wildman–Crippen LogP) is 4.89. The first-order valence-electron chi connectivity index (χ1n) is 10.7. The summed E-state index contributed by atoms with van der Waals surface area (Å²) in [7, 11) is 0. The second kappa shape index (κ2) is 9.80. The average Bonchev–Trinajstić information content (AvgIpc) is 3.45. The molecule has 2 aliphatic carbocycles. The zero-order chi connectivity index (χ0) is 25.3. The standard InChI is InChI=1S/2C8H5F2O2.2C5H5.Ti/c2*1-5(11)12-8-3-6(9)2-7(10)4-8;2*1-2-4-5-3-1;/h2*3-4H,1H3;2*1-3H,4H2;. The van der Waals surface area contributed by atoms with Gasteiger partial charge in [-0.25, -0.2) is 0 Å². The molecule has 0 N–H and O–H groups in total. The van der Waals surface area contributed by atoms with E-state index >= 15 is 17.6 Å². The van der Waals surface area contributed by atoms with Crippen LogP contribution in [-0.4, -0.2) is 11.9 Å². The Hall–Kier alpha value is -3.23. The summed E-state index contributed by atoms with van der Waals surface area (Å²) in [5.41, 5.74) is 0. The second-order valence-electron chi connectivity index (χ2n) is 8.11. The van der Waals surface area contributed by atoms with E-state index in [-0.39, 0.29) is 24.3 Å². The molecule has 2 aromatic carbocycles. The molecule has 0 bridgehead atoms. The summed E-state index contributed by atoms with van der Waals surface area (Å²) in [5.74, 6) is -6.50. The van der Waals surface area contributed by atoms with E-state index in [1.54, 1.807) is 36.5 Å². The molecule has 0 fully saturated rings. The van der Waals surface area contributed by atoms with Crippen LogP contribution in [0.4, 0.5) is 17.6 Å². The summed E-state index contributed by atoms with van der Waals surface area (Å²) >= 11 is -4.92. The van der Waals surface area contributed by atoms with Crippen molar-refractivity contribution in [3.63, 3.8) is 0 Å². The fourth-order valence-electron chi connectivity index (χ4n) is 4.69. The molecule has 0 heterocycles. The van der Waals surface area contributed by atoms with Gasteiger partial charge in [-0.1, -0.05) is 0 Å². The molecule has 0 saturated heterocycles. The van der Waals surface area contributed by atoms with Gasteiger partial charge in [0, 0.05) is 0 Å². The van der Waals surface area contributed by atoms with E-state index in [1.807, 2.05) is 0 Å². The van der Waals surface area contributed by atoms with Crippen LogP contribution in [0.2, 0.25) is 0 Å². The molecule has 0 unspecified atom stereocenters. The Labute approximate surface area is 202 Å². The molecular formula is C26H20F4O4Ti. The fraction of sp³-hybridized carbons (Fsp3) is 0.154. The first kappa shape index (κ1) is 24.9. The minimum atomic E-state index is -4.92. The number of esters is 2. The first-order chi connectivity index (χ1) is 16.6. The Morgan fingerprint density at radius 3 is 1.29 bits per heavy atom. The van der Waals surface area contributed by atoms with Crippen LogP contribution in [0.1, 0.15) is 26.7 Å². The fourth-order valence-corrected chi connectivity index (χ4v) is 12.8. The summed E-state index contributed by atoms with van der Waals surface area (Å²) in [6, 6.07) is 3.42. The van der Waals surface area contributed by atoms with Crippen molar-refractivity contribution in [2.24, 2.45) is 0 Å². The molecule has 4 nitrogen and oxygen atoms in total. The molecule has 0 atom stereocenters. The number of rotatable bonds is 6. The van der Waals surface area contributed by atoms with Crippen LogP contribution in [0.25, 0.3) is 0 Å². The van der Waals surface area contributed by atoms with E-state index < -0.39 is 59.5 Å². The predicted molar refractivity (Wildman–Crippen MR) is 118 cm³/mol. The van der Waals surface area contributed by atoms with Gasteiger partial charge in [-0.15, -0.1) is 0 Å². The van der Waals surface area contributed by atoms with E-state index in [0.717, 1.165) is 38.1 Å². The van der Waals surface area contributed by atoms with E-state index in [2.05, 4.69) is 0 Å². The van der Waals surface area contributed by atoms with Gasteiger partial charge in [0.15, 0.2) is 0 Å². The minimum absolute atomic E-state index is 0.256. The Kier molecular flexibility index (Phi) is 6.96. The monoisotopic (exact) mass is 520 g/mol. The number of carbonyl (C=O) groups excluding carboxylic acids is 2. The van der Waals surface area contributed by atoms with Crippen molar-refractivity contribution in [2.75, 3.05) is 0 Å². The van der Waals surface area contributed by atoms with Crippen molar-refractivity contribution >= 4 is 19.7 Å².